The lowest BCUT2D eigenvalue weighted by molar-refractivity contribution is -0.123. The largest absolute Gasteiger partial charge is 0.303 e. The molecule has 2 fully saturated rings. The second-order valence-electron chi connectivity index (χ2n) is 9.41. The summed E-state index contributed by atoms with van der Waals surface area (Å²) in [4.78, 5) is 14.5. The first-order chi connectivity index (χ1) is 13.6. The van der Waals surface area contributed by atoms with Gasteiger partial charge in [-0.1, -0.05) is 26.2 Å². The average Bonchev–Trinajstić information content (AvgIpc) is 3.13. The number of piperidine rings is 1. The van der Waals surface area contributed by atoms with Crippen LogP contribution in [0, 0.1) is 24.7 Å². The van der Waals surface area contributed by atoms with Crippen molar-refractivity contribution in [3.8, 4) is 0 Å². The molecule has 1 saturated carbocycles. The van der Waals surface area contributed by atoms with Gasteiger partial charge in [-0.3, -0.25) is 9.48 Å². The van der Waals surface area contributed by atoms with Gasteiger partial charge in [-0.05, 0) is 88.9 Å². The fourth-order valence-electron chi connectivity index (χ4n) is 5.23. The fraction of sp³-hybridized carbons (Fsp3) is 0.833. The minimum absolute atomic E-state index is 0.390. The lowest BCUT2D eigenvalue weighted by Gasteiger charge is -2.32. The minimum atomic E-state index is 0.390. The molecule has 0 spiro atoms. The number of hydrogen-bond acceptors (Lipinski definition) is 3. The van der Waals surface area contributed by atoms with Crippen molar-refractivity contribution >= 4 is 5.78 Å². The van der Waals surface area contributed by atoms with Gasteiger partial charge >= 0.3 is 0 Å². The van der Waals surface area contributed by atoms with Crippen LogP contribution >= 0.6 is 0 Å². The van der Waals surface area contributed by atoms with E-state index in [0.717, 1.165) is 37.6 Å². The number of hydrogen-bond donors (Lipinski definition) is 0. The van der Waals surface area contributed by atoms with Gasteiger partial charge in [0.2, 0.25) is 0 Å². The van der Waals surface area contributed by atoms with Gasteiger partial charge < -0.3 is 4.90 Å². The van der Waals surface area contributed by atoms with E-state index in [1.54, 1.807) is 0 Å². The van der Waals surface area contributed by atoms with Gasteiger partial charge in [0, 0.05) is 25.1 Å². The van der Waals surface area contributed by atoms with Gasteiger partial charge in [-0.25, -0.2) is 0 Å². The third-order valence-corrected chi connectivity index (χ3v) is 7.15. The Balaban J connectivity index is 1.20. The average molecular weight is 388 g/mol. The zero-order chi connectivity index (χ0) is 19.8. The monoisotopic (exact) mass is 387 g/mol. The Bertz CT molecular complexity index is 580. The molecule has 0 amide bonds. The molecule has 2 heterocycles. The van der Waals surface area contributed by atoms with Gasteiger partial charge in [0.25, 0.3) is 0 Å². The van der Waals surface area contributed by atoms with E-state index in [1.807, 2.05) is 13.1 Å². The van der Waals surface area contributed by atoms with Crippen molar-refractivity contribution in [2.24, 2.45) is 17.8 Å². The van der Waals surface area contributed by atoms with E-state index in [4.69, 9.17) is 0 Å². The Kier molecular flexibility index (Phi) is 8.57. The lowest BCUT2D eigenvalue weighted by atomic mass is 9.78. The third-order valence-electron chi connectivity index (χ3n) is 7.15. The van der Waals surface area contributed by atoms with E-state index in [9.17, 15) is 4.79 Å². The van der Waals surface area contributed by atoms with Crippen molar-refractivity contribution < 1.29 is 4.79 Å². The summed E-state index contributed by atoms with van der Waals surface area (Å²) in [5.41, 5.74) is 1.26. The smallest absolute Gasteiger partial charge is 0.135 e. The van der Waals surface area contributed by atoms with Gasteiger partial charge in [0.15, 0.2) is 0 Å². The summed E-state index contributed by atoms with van der Waals surface area (Å²) in [7, 11) is 0. The molecule has 1 saturated heterocycles. The van der Waals surface area contributed by atoms with E-state index in [1.165, 1.54) is 76.6 Å². The number of unbranched alkanes of at least 4 members (excludes halogenated alkanes) is 2. The van der Waals surface area contributed by atoms with Crippen LogP contribution in [0.4, 0.5) is 0 Å². The molecule has 1 aliphatic heterocycles. The molecular formula is C24H41N3O. The number of ketones is 1. The van der Waals surface area contributed by atoms with Gasteiger partial charge in [-0.15, -0.1) is 0 Å². The maximum atomic E-state index is 11.8. The van der Waals surface area contributed by atoms with Crippen LogP contribution in [0.5, 0.6) is 0 Å². The van der Waals surface area contributed by atoms with Crippen LogP contribution in [0.3, 0.4) is 0 Å². The first kappa shape index (κ1) is 21.5. The molecule has 1 aliphatic carbocycles. The molecule has 158 valence electrons. The van der Waals surface area contributed by atoms with Crippen LogP contribution in [0.25, 0.3) is 0 Å². The van der Waals surface area contributed by atoms with Crippen LogP contribution in [-0.2, 0) is 11.3 Å². The van der Waals surface area contributed by atoms with E-state index in [-0.39, 0.29) is 0 Å². The molecule has 4 nitrogen and oxygen atoms in total. The van der Waals surface area contributed by atoms with Crippen molar-refractivity contribution in [3.05, 3.63) is 18.0 Å². The normalized spacial score (nSPS) is 24.5. The predicted molar refractivity (Wildman–Crippen MR) is 115 cm³/mol. The Hall–Kier alpha value is -1.16. The quantitative estimate of drug-likeness (QED) is 0.515. The van der Waals surface area contributed by atoms with Gasteiger partial charge in [0.05, 0.1) is 6.20 Å². The Morgan fingerprint density at radius 2 is 1.79 bits per heavy atom. The van der Waals surface area contributed by atoms with E-state index < -0.39 is 0 Å². The van der Waals surface area contributed by atoms with Gasteiger partial charge in [0.1, 0.15) is 5.78 Å². The number of aromatic nitrogens is 2. The minimum Gasteiger partial charge on any atom is -0.303 e. The highest BCUT2D eigenvalue weighted by Crippen LogP contribution is 2.33. The topological polar surface area (TPSA) is 38.1 Å². The highest BCUT2D eigenvalue weighted by atomic mass is 16.1. The van der Waals surface area contributed by atoms with Crippen LogP contribution < -0.4 is 0 Å². The number of Topliss-reactive ketones (excluding diaryl/α,β-unsaturated/α-hetero) is 1. The molecule has 0 aromatic carbocycles. The number of rotatable bonds is 10. The second-order valence-corrected chi connectivity index (χ2v) is 9.41. The molecule has 0 atom stereocenters. The standard InChI is InChI=1S/C24H41N3O/c1-3-24(28)23-10-8-21(9-11-23)7-5-4-6-14-26-15-12-22(13-16-26)19-27-18-20(2)17-25-27/h17-18,21-23H,3-16,19H2,1-2H3/t21-,23+. The second kappa shape index (κ2) is 11.1. The first-order valence-electron chi connectivity index (χ1n) is 11.9. The fourth-order valence-corrected chi connectivity index (χ4v) is 5.23. The SMILES string of the molecule is CCC(=O)[C@H]1CC[C@@H](CCCCCN2CCC(Cn3cc(C)cn3)CC2)CC1. The van der Waals surface area contributed by atoms with Crippen LogP contribution in [0.15, 0.2) is 12.4 Å². The van der Waals surface area contributed by atoms with Crippen LogP contribution in [0.2, 0.25) is 0 Å². The Labute approximate surface area is 172 Å². The zero-order valence-corrected chi connectivity index (χ0v) is 18.2. The van der Waals surface area contributed by atoms with E-state index in [2.05, 4.69) is 27.8 Å². The summed E-state index contributed by atoms with van der Waals surface area (Å²) in [6.07, 6.45) is 17.9. The highest BCUT2D eigenvalue weighted by molar-refractivity contribution is 5.80. The zero-order valence-electron chi connectivity index (χ0n) is 18.2. The molecule has 4 heteroatoms. The molecule has 1 aromatic heterocycles. The molecule has 0 radical (unpaired) electrons. The van der Waals surface area contributed by atoms with Crippen molar-refractivity contribution in [3.63, 3.8) is 0 Å². The number of nitrogens with zero attached hydrogens (tertiary/aromatic N) is 3. The molecule has 1 aromatic rings. The summed E-state index contributed by atoms with van der Waals surface area (Å²) < 4.78 is 2.13. The lowest BCUT2D eigenvalue weighted by Crippen LogP contribution is -2.35. The predicted octanol–water partition coefficient (Wildman–Crippen LogP) is 5.25. The summed E-state index contributed by atoms with van der Waals surface area (Å²) in [6, 6.07) is 0. The van der Waals surface area contributed by atoms with Crippen molar-refractivity contribution in [1.82, 2.24) is 14.7 Å². The van der Waals surface area contributed by atoms with Gasteiger partial charge in [-0.2, -0.15) is 5.10 Å². The molecular weight excluding hydrogens is 346 g/mol. The van der Waals surface area contributed by atoms with E-state index in [0.29, 0.717) is 11.7 Å². The summed E-state index contributed by atoms with van der Waals surface area (Å²) >= 11 is 0. The first-order valence-corrected chi connectivity index (χ1v) is 11.9. The number of likely N-dealkylation sites (tertiary alicyclic amines) is 1. The molecule has 0 bridgehead atoms. The maximum Gasteiger partial charge on any atom is 0.135 e. The maximum absolute atomic E-state index is 11.8. The number of carbonyl (C=O) groups is 1. The summed E-state index contributed by atoms with van der Waals surface area (Å²) in [6.45, 7) is 9.03. The van der Waals surface area contributed by atoms with E-state index >= 15 is 0 Å². The van der Waals surface area contributed by atoms with Crippen molar-refractivity contribution in [2.45, 2.75) is 91.0 Å². The van der Waals surface area contributed by atoms with Crippen molar-refractivity contribution in [2.75, 3.05) is 19.6 Å². The number of carbonyl (C=O) groups excluding carboxylic acids is 1. The molecule has 28 heavy (non-hydrogen) atoms. The number of aryl methyl sites for hydroxylation is 1. The highest BCUT2D eigenvalue weighted by Gasteiger charge is 2.25. The Morgan fingerprint density at radius 1 is 1.04 bits per heavy atom. The third kappa shape index (κ3) is 6.72. The molecule has 2 aliphatic rings. The van der Waals surface area contributed by atoms with Crippen molar-refractivity contribution in [1.29, 1.82) is 0 Å². The molecule has 0 N–H and O–H groups in total. The van der Waals surface area contributed by atoms with Crippen LogP contribution in [0.1, 0.15) is 83.1 Å². The van der Waals surface area contributed by atoms with Crippen LogP contribution in [-0.4, -0.2) is 40.1 Å². The molecule has 3 rings (SSSR count). The summed E-state index contributed by atoms with van der Waals surface area (Å²) in [5.74, 6) is 2.58. The molecule has 0 unspecified atom stereocenters. The Morgan fingerprint density at radius 3 is 2.43 bits per heavy atom. The summed E-state index contributed by atoms with van der Waals surface area (Å²) in [5, 5.41) is 4.44.